The van der Waals surface area contributed by atoms with E-state index in [4.69, 9.17) is 4.74 Å². The van der Waals surface area contributed by atoms with E-state index in [2.05, 4.69) is 22.4 Å². The van der Waals surface area contributed by atoms with E-state index < -0.39 is 5.54 Å². The third-order valence-electron chi connectivity index (χ3n) is 5.07. The van der Waals surface area contributed by atoms with Gasteiger partial charge in [-0.05, 0) is 42.3 Å². The smallest absolute Gasteiger partial charge is 0.248 e. The third-order valence-corrected chi connectivity index (χ3v) is 5.07. The predicted octanol–water partition coefficient (Wildman–Crippen LogP) is 3.32. The number of amides is 2. The number of allylic oxidation sites excluding steroid dienone is 2. The van der Waals surface area contributed by atoms with E-state index in [1.807, 2.05) is 42.5 Å². The average Bonchev–Trinajstić information content (AvgIpc) is 2.77. The van der Waals surface area contributed by atoms with Gasteiger partial charge in [0, 0.05) is 6.20 Å². The second-order valence-electron chi connectivity index (χ2n) is 7.38. The fourth-order valence-electron chi connectivity index (χ4n) is 3.44. The van der Waals surface area contributed by atoms with Crippen LogP contribution in [0.3, 0.4) is 0 Å². The van der Waals surface area contributed by atoms with Gasteiger partial charge in [-0.15, -0.1) is 0 Å². The molecule has 0 unspecified atom stereocenters. The van der Waals surface area contributed by atoms with Crippen molar-refractivity contribution < 1.29 is 14.3 Å². The first-order chi connectivity index (χ1) is 14.5. The standard InChI is InChI=1S/C24H23N3O3/c1-24(17-22(28)27-15-6-5-9-21(27)26-24)23(29)25-14-16-30-20-12-10-19(11-13-20)18-7-3-2-4-8-18/h2-13,15H,14,16-17H2,1H3,(H,25,29)/t24-/m1/s1. The Labute approximate surface area is 175 Å². The van der Waals surface area contributed by atoms with Crippen LogP contribution in [-0.4, -0.2) is 41.2 Å². The maximum atomic E-state index is 12.7. The van der Waals surface area contributed by atoms with Gasteiger partial charge in [-0.2, -0.15) is 0 Å². The van der Waals surface area contributed by atoms with E-state index >= 15 is 0 Å². The van der Waals surface area contributed by atoms with Crippen molar-refractivity contribution in [1.82, 2.24) is 10.2 Å². The Morgan fingerprint density at radius 2 is 1.83 bits per heavy atom. The van der Waals surface area contributed by atoms with Gasteiger partial charge in [0.2, 0.25) is 11.8 Å². The number of nitrogens with zero attached hydrogens (tertiary/aromatic N) is 2. The van der Waals surface area contributed by atoms with Gasteiger partial charge in [0.1, 0.15) is 23.7 Å². The highest BCUT2D eigenvalue weighted by atomic mass is 16.5. The molecule has 0 aliphatic carbocycles. The third kappa shape index (κ3) is 4.17. The van der Waals surface area contributed by atoms with Crippen LogP contribution >= 0.6 is 0 Å². The number of carbonyl (C=O) groups is 2. The number of amidine groups is 1. The Kier molecular flexibility index (Phi) is 5.48. The summed E-state index contributed by atoms with van der Waals surface area (Å²) < 4.78 is 5.73. The van der Waals surface area contributed by atoms with E-state index in [9.17, 15) is 9.59 Å². The highest BCUT2D eigenvalue weighted by molar-refractivity contribution is 6.11. The van der Waals surface area contributed by atoms with Crippen LogP contribution in [0.4, 0.5) is 0 Å². The summed E-state index contributed by atoms with van der Waals surface area (Å²) in [4.78, 5) is 31.0. The molecule has 152 valence electrons. The molecule has 1 N–H and O–H groups in total. The first-order valence-electron chi connectivity index (χ1n) is 9.89. The van der Waals surface area contributed by atoms with E-state index in [-0.39, 0.29) is 18.2 Å². The number of carbonyl (C=O) groups excluding carboxylic acids is 2. The highest BCUT2D eigenvalue weighted by Crippen LogP contribution is 2.25. The fourth-order valence-corrected chi connectivity index (χ4v) is 3.44. The van der Waals surface area contributed by atoms with Gasteiger partial charge >= 0.3 is 0 Å². The summed E-state index contributed by atoms with van der Waals surface area (Å²) in [6.45, 7) is 2.33. The van der Waals surface area contributed by atoms with E-state index in [0.717, 1.165) is 16.9 Å². The molecule has 2 amide bonds. The summed E-state index contributed by atoms with van der Waals surface area (Å²) >= 11 is 0. The molecule has 2 aromatic carbocycles. The van der Waals surface area contributed by atoms with Crippen molar-refractivity contribution >= 4 is 17.6 Å². The number of rotatable bonds is 6. The van der Waals surface area contributed by atoms with Gasteiger partial charge in [0.15, 0.2) is 0 Å². The molecule has 0 fully saturated rings. The zero-order chi connectivity index (χ0) is 21.0. The molecule has 0 aromatic heterocycles. The minimum absolute atomic E-state index is 0.0301. The Bertz CT molecular complexity index is 1030. The van der Waals surface area contributed by atoms with Gasteiger partial charge in [-0.3, -0.25) is 19.5 Å². The number of nitrogens with one attached hydrogen (secondary N) is 1. The van der Waals surface area contributed by atoms with Crippen LogP contribution in [0.1, 0.15) is 13.3 Å². The van der Waals surface area contributed by atoms with Crippen LogP contribution in [0.15, 0.2) is 84.0 Å². The van der Waals surface area contributed by atoms with Crippen molar-refractivity contribution in [2.75, 3.05) is 13.2 Å². The Morgan fingerprint density at radius 3 is 2.60 bits per heavy atom. The van der Waals surface area contributed by atoms with Crippen LogP contribution in [0.2, 0.25) is 0 Å². The van der Waals surface area contributed by atoms with Crippen molar-refractivity contribution in [1.29, 1.82) is 0 Å². The van der Waals surface area contributed by atoms with Crippen molar-refractivity contribution in [3.8, 4) is 16.9 Å². The van der Waals surface area contributed by atoms with Crippen LogP contribution in [-0.2, 0) is 9.59 Å². The highest BCUT2D eigenvalue weighted by Gasteiger charge is 2.41. The summed E-state index contributed by atoms with van der Waals surface area (Å²) in [6.07, 6.45) is 6.98. The topological polar surface area (TPSA) is 71.0 Å². The molecule has 0 radical (unpaired) electrons. The van der Waals surface area contributed by atoms with Crippen LogP contribution < -0.4 is 10.1 Å². The molecular formula is C24H23N3O3. The Balaban J connectivity index is 1.29. The molecule has 0 spiro atoms. The Hall–Kier alpha value is -3.67. The van der Waals surface area contributed by atoms with E-state index in [1.54, 1.807) is 31.4 Å². The molecule has 4 rings (SSSR count). The van der Waals surface area contributed by atoms with E-state index in [0.29, 0.717) is 19.0 Å². The van der Waals surface area contributed by atoms with Gasteiger partial charge in [-0.1, -0.05) is 48.5 Å². The van der Waals surface area contributed by atoms with Crippen LogP contribution in [0.5, 0.6) is 5.75 Å². The molecule has 2 aliphatic heterocycles. The molecule has 6 nitrogen and oxygen atoms in total. The van der Waals surface area contributed by atoms with Crippen LogP contribution in [0.25, 0.3) is 11.1 Å². The number of hydrogen-bond acceptors (Lipinski definition) is 4. The largest absolute Gasteiger partial charge is 0.492 e. The molecule has 2 aromatic rings. The molecule has 30 heavy (non-hydrogen) atoms. The lowest BCUT2D eigenvalue weighted by atomic mass is 9.94. The van der Waals surface area contributed by atoms with E-state index in [1.165, 1.54) is 4.90 Å². The lowest BCUT2D eigenvalue weighted by molar-refractivity contribution is -0.134. The second kappa shape index (κ2) is 8.37. The second-order valence-corrected chi connectivity index (χ2v) is 7.38. The summed E-state index contributed by atoms with van der Waals surface area (Å²) in [5, 5.41) is 2.83. The monoisotopic (exact) mass is 401 g/mol. The summed E-state index contributed by atoms with van der Waals surface area (Å²) in [6, 6.07) is 18.0. The van der Waals surface area contributed by atoms with Crippen LogP contribution in [0, 0.1) is 0 Å². The zero-order valence-corrected chi connectivity index (χ0v) is 16.7. The Morgan fingerprint density at radius 1 is 1.10 bits per heavy atom. The first kappa shape index (κ1) is 19.6. The maximum Gasteiger partial charge on any atom is 0.248 e. The molecule has 0 bridgehead atoms. The van der Waals surface area contributed by atoms with Gasteiger partial charge < -0.3 is 10.1 Å². The molecule has 2 aliphatic rings. The molecule has 2 heterocycles. The van der Waals surface area contributed by atoms with Crippen molar-refractivity contribution in [2.24, 2.45) is 4.99 Å². The fraction of sp³-hybridized carbons (Fsp3) is 0.208. The van der Waals surface area contributed by atoms with Crippen molar-refractivity contribution in [3.05, 3.63) is 79.0 Å². The average molecular weight is 401 g/mol. The molecular weight excluding hydrogens is 378 g/mol. The SMILES string of the molecule is C[C@]1(C(=O)NCCOc2ccc(-c3ccccc3)cc2)CC(=O)N2C=CC=CC2=N1. The number of aliphatic imine (C=N–C) groups is 1. The lowest BCUT2D eigenvalue weighted by Gasteiger charge is -2.33. The normalized spacial score (nSPS) is 19.8. The number of ether oxygens (including phenoxy) is 1. The van der Waals surface area contributed by atoms with Gasteiger partial charge in [0.05, 0.1) is 13.0 Å². The quantitative estimate of drug-likeness (QED) is 0.755. The minimum Gasteiger partial charge on any atom is -0.492 e. The molecule has 0 saturated carbocycles. The number of hydrogen-bond donors (Lipinski definition) is 1. The summed E-state index contributed by atoms with van der Waals surface area (Å²) in [5.41, 5.74) is 1.15. The molecule has 0 saturated heterocycles. The maximum absolute atomic E-state index is 12.7. The molecule has 6 heteroatoms. The predicted molar refractivity (Wildman–Crippen MR) is 116 cm³/mol. The van der Waals surface area contributed by atoms with Crippen molar-refractivity contribution in [2.45, 2.75) is 18.9 Å². The first-order valence-corrected chi connectivity index (χ1v) is 9.89. The number of benzene rings is 2. The number of fused-ring (bicyclic) bond motifs is 1. The molecule has 1 atom stereocenters. The zero-order valence-electron chi connectivity index (χ0n) is 16.7. The summed E-state index contributed by atoms with van der Waals surface area (Å²) in [7, 11) is 0. The summed E-state index contributed by atoms with van der Waals surface area (Å²) in [5.74, 6) is 0.793. The lowest BCUT2D eigenvalue weighted by Crippen LogP contribution is -2.52. The van der Waals surface area contributed by atoms with Gasteiger partial charge in [0.25, 0.3) is 0 Å². The minimum atomic E-state index is -1.12. The van der Waals surface area contributed by atoms with Gasteiger partial charge in [-0.25, -0.2) is 0 Å². The van der Waals surface area contributed by atoms with Crippen molar-refractivity contribution in [3.63, 3.8) is 0 Å².